The van der Waals surface area contributed by atoms with Gasteiger partial charge in [-0.25, -0.2) is 9.18 Å². The van der Waals surface area contributed by atoms with Crippen LogP contribution in [0.5, 0.6) is 0 Å². The Balaban J connectivity index is 1.83. The van der Waals surface area contributed by atoms with Crippen molar-refractivity contribution in [3.8, 4) is 0 Å². The Labute approximate surface area is 127 Å². The first-order valence-electron chi connectivity index (χ1n) is 6.82. The average Bonchev–Trinajstić information content (AvgIpc) is 2.49. The third kappa shape index (κ3) is 3.03. The molecule has 0 aliphatic heterocycles. The Morgan fingerprint density at radius 1 is 1.05 bits per heavy atom. The molecule has 0 spiro atoms. The van der Waals surface area contributed by atoms with Crippen molar-refractivity contribution >= 4 is 28.3 Å². The molecule has 22 heavy (non-hydrogen) atoms. The minimum atomic E-state index is -0.387. The molecule has 0 bridgehead atoms. The van der Waals surface area contributed by atoms with Crippen molar-refractivity contribution in [3.63, 3.8) is 0 Å². The van der Waals surface area contributed by atoms with E-state index in [9.17, 15) is 9.18 Å². The first-order valence-corrected chi connectivity index (χ1v) is 6.82. The largest absolute Gasteiger partial charge is 0.323 e. The fourth-order valence-electron chi connectivity index (χ4n) is 2.23. The van der Waals surface area contributed by atoms with Gasteiger partial charge in [-0.1, -0.05) is 18.2 Å². The van der Waals surface area contributed by atoms with Crippen molar-refractivity contribution in [1.82, 2.24) is 4.98 Å². The van der Waals surface area contributed by atoms with E-state index in [1.807, 2.05) is 37.3 Å². The van der Waals surface area contributed by atoms with Crippen molar-refractivity contribution in [2.75, 3.05) is 10.6 Å². The van der Waals surface area contributed by atoms with Crippen LogP contribution in [0, 0.1) is 12.7 Å². The average molecular weight is 295 g/mol. The van der Waals surface area contributed by atoms with Crippen LogP contribution in [0.1, 0.15) is 5.69 Å². The van der Waals surface area contributed by atoms with Crippen LogP contribution < -0.4 is 10.6 Å². The second-order valence-corrected chi connectivity index (χ2v) is 4.91. The first-order chi connectivity index (χ1) is 10.6. The highest BCUT2D eigenvalue weighted by molar-refractivity contribution is 6.05. The Kier molecular flexibility index (Phi) is 3.70. The molecular weight excluding hydrogens is 281 g/mol. The van der Waals surface area contributed by atoms with Crippen molar-refractivity contribution < 1.29 is 9.18 Å². The van der Waals surface area contributed by atoms with Gasteiger partial charge >= 0.3 is 6.03 Å². The molecule has 0 fully saturated rings. The zero-order chi connectivity index (χ0) is 15.5. The Bertz CT molecular complexity index is 831. The highest BCUT2D eigenvalue weighted by Gasteiger charge is 2.08. The summed E-state index contributed by atoms with van der Waals surface area (Å²) in [5, 5.41) is 6.33. The lowest BCUT2D eigenvalue weighted by Gasteiger charge is -2.11. The van der Waals surface area contributed by atoms with Gasteiger partial charge in [0.05, 0.1) is 11.2 Å². The molecule has 1 aromatic heterocycles. The van der Waals surface area contributed by atoms with Crippen molar-refractivity contribution in [2.45, 2.75) is 6.92 Å². The maximum absolute atomic E-state index is 12.9. The lowest BCUT2D eigenvalue weighted by Crippen LogP contribution is -2.19. The van der Waals surface area contributed by atoms with Gasteiger partial charge in [0.2, 0.25) is 0 Å². The summed E-state index contributed by atoms with van der Waals surface area (Å²) >= 11 is 0. The normalized spacial score (nSPS) is 10.5. The molecule has 4 nitrogen and oxygen atoms in total. The number of nitrogens with one attached hydrogen (secondary N) is 2. The molecular formula is C17H14FN3O. The fraction of sp³-hybridized carbons (Fsp3) is 0.0588. The summed E-state index contributed by atoms with van der Waals surface area (Å²) in [5.41, 5.74) is 2.84. The molecule has 0 saturated carbocycles. The minimum absolute atomic E-state index is 0.346. The SMILES string of the molecule is Cc1cc(NC(=O)Nc2ccc(F)cc2)c2ccccc2n1. The molecule has 3 aromatic rings. The number of hydrogen-bond donors (Lipinski definition) is 2. The first kappa shape index (κ1) is 14.0. The highest BCUT2D eigenvalue weighted by Crippen LogP contribution is 2.23. The van der Waals surface area contributed by atoms with E-state index in [0.717, 1.165) is 16.6 Å². The summed E-state index contributed by atoms with van der Waals surface area (Å²) in [6, 6.07) is 14.6. The number of fused-ring (bicyclic) bond motifs is 1. The van der Waals surface area contributed by atoms with E-state index in [1.165, 1.54) is 24.3 Å². The molecule has 2 amide bonds. The topological polar surface area (TPSA) is 54.0 Å². The number of amides is 2. The summed E-state index contributed by atoms with van der Waals surface area (Å²) < 4.78 is 12.9. The second-order valence-electron chi connectivity index (χ2n) is 4.91. The van der Waals surface area contributed by atoms with Crippen LogP contribution in [0.2, 0.25) is 0 Å². The molecule has 110 valence electrons. The quantitative estimate of drug-likeness (QED) is 0.739. The van der Waals surface area contributed by atoms with Gasteiger partial charge in [0.15, 0.2) is 0 Å². The van der Waals surface area contributed by atoms with E-state index < -0.39 is 0 Å². The predicted octanol–water partition coefficient (Wildman–Crippen LogP) is 4.33. The molecule has 0 atom stereocenters. The third-order valence-electron chi connectivity index (χ3n) is 3.19. The number of anilines is 2. The van der Waals surface area contributed by atoms with E-state index in [2.05, 4.69) is 15.6 Å². The molecule has 0 aliphatic rings. The number of hydrogen-bond acceptors (Lipinski definition) is 2. The van der Waals surface area contributed by atoms with Gasteiger partial charge < -0.3 is 10.6 Å². The Hall–Kier alpha value is -2.95. The van der Waals surface area contributed by atoms with E-state index >= 15 is 0 Å². The lowest BCUT2D eigenvalue weighted by molar-refractivity contribution is 0.262. The smallest absolute Gasteiger partial charge is 0.308 e. The number of urea groups is 1. The molecule has 0 aliphatic carbocycles. The van der Waals surface area contributed by atoms with Crippen LogP contribution in [0.4, 0.5) is 20.6 Å². The molecule has 2 N–H and O–H groups in total. The van der Waals surface area contributed by atoms with E-state index in [-0.39, 0.29) is 11.8 Å². The maximum Gasteiger partial charge on any atom is 0.323 e. The van der Waals surface area contributed by atoms with Gasteiger partial charge in [-0.05, 0) is 43.3 Å². The van der Waals surface area contributed by atoms with E-state index in [4.69, 9.17) is 0 Å². The monoisotopic (exact) mass is 295 g/mol. The van der Waals surface area contributed by atoms with Crippen molar-refractivity contribution in [1.29, 1.82) is 0 Å². The summed E-state index contributed by atoms with van der Waals surface area (Å²) in [7, 11) is 0. The Morgan fingerprint density at radius 2 is 1.77 bits per heavy atom. The van der Waals surface area contributed by atoms with Crippen molar-refractivity contribution in [3.05, 3.63) is 66.1 Å². The Morgan fingerprint density at radius 3 is 2.55 bits per heavy atom. The summed E-state index contributed by atoms with van der Waals surface area (Å²) in [5.74, 6) is -0.346. The van der Waals surface area contributed by atoms with Crippen LogP contribution in [-0.2, 0) is 0 Å². The van der Waals surface area contributed by atoms with Gasteiger partial charge in [-0.2, -0.15) is 0 Å². The molecule has 0 unspecified atom stereocenters. The zero-order valence-corrected chi connectivity index (χ0v) is 11.9. The number of benzene rings is 2. The maximum atomic E-state index is 12.9. The van der Waals surface area contributed by atoms with Gasteiger partial charge in [0.25, 0.3) is 0 Å². The predicted molar refractivity (Wildman–Crippen MR) is 85.5 cm³/mol. The van der Waals surface area contributed by atoms with Crippen LogP contribution in [0.15, 0.2) is 54.6 Å². The van der Waals surface area contributed by atoms with Crippen LogP contribution in [0.3, 0.4) is 0 Å². The number of carbonyl (C=O) groups is 1. The molecule has 1 heterocycles. The third-order valence-corrected chi connectivity index (χ3v) is 3.19. The van der Waals surface area contributed by atoms with Gasteiger partial charge in [-0.15, -0.1) is 0 Å². The summed E-state index contributed by atoms with van der Waals surface area (Å²) in [4.78, 5) is 16.5. The number of para-hydroxylation sites is 1. The molecule has 5 heteroatoms. The van der Waals surface area contributed by atoms with Crippen LogP contribution in [0.25, 0.3) is 10.9 Å². The number of aryl methyl sites for hydroxylation is 1. The lowest BCUT2D eigenvalue weighted by atomic mass is 10.1. The fourth-order valence-corrected chi connectivity index (χ4v) is 2.23. The second kappa shape index (κ2) is 5.81. The summed E-state index contributed by atoms with van der Waals surface area (Å²) in [6.07, 6.45) is 0. The van der Waals surface area contributed by atoms with Gasteiger partial charge in [0, 0.05) is 16.8 Å². The number of aromatic nitrogens is 1. The highest BCUT2D eigenvalue weighted by atomic mass is 19.1. The van der Waals surface area contributed by atoms with Crippen LogP contribution in [-0.4, -0.2) is 11.0 Å². The number of nitrogens with zero attached hydrogens (tertiary/aromatic N) is 1. The summed E-state index contributed by atoms with van der Waals surface area (Å²) in [6.45, 7) is 1.87. The van der Waals surface area contributed by atoms with E-state index in [1.54, 1.807) is 0 Å². The van der Waals surface area contributed by atoms with Crippen molar-refractivity contribution in [2.24, 2.45) is 0 Å². The number of carbonyl (C=O) groups excluding carboxylic acids is 1. The number of rotatable bonds is 2. The van der Waals surface area contributed by atoms with Gasteiger partial charge in [0.1, 0.15) is 5.82 Å². The van der Waals surface area contributed by atoms with E-state index in [0.29, 0.717) is 11.4 Å². The molecule has 3 rings (SSSR count). The van der Waals surface area contributed by atoms with Crippen LogP contribution >= 0.6 is 0 Å². The van der Waals surface area contributed by atoms with Gasteiger partial charge in [-0.3, -0.25) is 4.98 Å². The molecule has 2 aromatic carbocycles. The molecule has 0 saturated heterocycles. The number of pyridine rings is 1. The number of halogens is 1. The minimum Gasteiger partial charge on any atom is -0.308 e. The molecule has 0 radical (unpaired) electrons. The zero-order valence-electron chi connectivity index (χ0n) is 11.9. The standard InChI is InChI=1S/C17H14FN3O/c1-11-10-16(14-4-2-3-5-15(14)19-11)21-17(22)20-13-8-6-12(18)7-9-13/h2-10H,1H3,(H2,19,20,21,22).